The fourth-order valence-corrected chi connectivity index (χ4v) is 2.49. The summed E-state index contributed by atoms with van der Waals surface area (Å²) < 4.78 is 20.9. The monoisotopic (exact) mass is 369 g/mol. The summed E-state index contributed by atoms with van der Waals surface area (Å²) in [6, 6.07) is 12.3. The average Bonchev–Trinajstić information content (AvgIpc) is 3.20. The van der Waals surface area contributed by atoms with Crippen molar-refractivity contribution in [3.63, 3.8) is 0 Å². The molecular weight excluding hydrogens is 350 g/mol. The minimum atomic E-state index is -0.481. The summed E-state index contributed by atoms with van der Waals surface area (Å²) in [6.07, 6.45) is 0. The van der Waals surface area contributed by atoms with Crippen molar-refractivity contribution in [2.24, 2.45) is 0 Å². The van der Waals surface area contributed by atoms with E-state index >= 15 is 0 Å². The lowest BCUT2D eigenvalue weighted by Crippen LogP contribution is -2.08. The van der Waals surface area contributed by atoms with Crippen LogP contribution in [-0.2, 0) is 11.3 Å². The summed E-state index contributed by atoms with van der Waals surface area (Å²) in [5.74, 6) is 1.22. The molecule has 0 fully saturated rings. The van der Waals surface area contributed by atoms with Crippen molar-refractivity contribution in [3.8, 4) is 22.9 Å². The number of ether oxygens (including phenoxy) is 3. The van der Waals surface area contributed by atoms with Crippen LogP contribution in [0.25, 0.3) is 11.4 Å². The van der Waals surface area contributed by atoms with Gasteiger partial charge in [0.2, 0.25) is 5.82 Å². The van der Waals surface area contributed by atoms with Crippen molar-refractivity contribution >= 4 is 11.7 Å². The highest BCUT2D eigenvalue weighted by molar-refractivity contribution is 5.95. The molecule has 1 N–H and O–H groups in total. The van der Waals surface area contributed by atoms with Gasteiger partial charge in [-0.05, 0) is 30.3 Å². The van der Waals surface area contributed by atoms with E-state index in [4.69, 9.17) is 18.7 Å². The van der Waals surface area contributed by atoms with Crippen LogP contribution in [0.5, 0.6) is 11.5 Å². The summed E-state index contributed by atoms with van der Waals surface area (Å²) in [7, 11) is 4.84. The van der Waals surface area contributed by atoms with Crippen LogP contribution in [0.1, 0.15) is 16.2 Å². The predicted octanol–water partition coefficient (Wildman–Crippen LogP) is 3.15. The van der Waals surface area contributed by atoms with Crippen LogP contribution in [-0.4, -0.2) is 37.4 Å². The highest BCUT2D eigenvalue weighted by Crippen LogP contribution is 2.31. The largest absolute Gasteiger partial charge is 0.493 e. The SMILES string of the molecule is CNc1ccccc1C(=O)OCc1nc(-c2ccc(OC)c(OC)c2)no1. The van der Waals surface area contributed by atoms with Gasteiger partial charge in [0, 0.05) is 18.3 Å². The Bertz CT molecular complexity index is 939. The third-order valence-electron chi connectivity index (χ3n) is 3.85. The molecule has 2 aromatic carbocycles. The van der Waals surface area contributed by atoms with Gasteiger partial charge in [0.25, 0.3) is 5.89 Å². The van der Waals surface area contributed by atoms with Gasteiger partial charge >= 0.3 is 5.97 Å². The minimum absolute atomic E-state index is 0.128. The molecular formula is C19H19N3O5. The van der Waals surface area contributed by atoms with Crippen LogP contribution >= 0.6 is 0 Å². The fourth-order valence-electron chi connectivity index (χ4n) is 2.49. The van der Waals surface area contributed by atoms with Crippen molar-refractivity contribution in [2.45, 2.75) is 6.61 Å². The first-order valence-corrected chi connectivity index (χ1v) is 8.15. The summed E-state index contributed by atoms with van der Waals surface area (Å²) in [5, 5.41) is 6.86. The second kappa shape index (κ2) is 8.22. The van der Waals surface area contributed by atoms with Crippen LogP contribution in [0, 0.1) is 0 Å². The number of hydrogen-bond acceptors (Lipinski definition) is 8. The Morgan fingerprint density at radius 3 is 2.63 bits per heavy atom. The summed E-state index contributed by atoms with van der Waals surface area (Å²) in [4.78, 5) is 16.5. The number of benzene rings is 2. The van der Waals surface area contributed by atoms with E-state index in [9.17, 15) is 4.79 Å². The van der Waals surface area contributed by atoms with Crippen LogP contribution in [0.15, 0.2) is 47.0 Å². The number of carbonyl (C=O) groups is 1. The van der Waals surface area contributed by atoms with Gasteiger partial charge in [0.05, 0.1) is 19.8 Å². The number of hydrogen-bond donors (Lipinski definition) is 1. The summed E-state index contributed by atoms with van der Waals surface area (Å²) >= 11 is 0. The van der Waals surface area contributed by atoms with Crippen molar-refractivity contribution in [3.05, 3.63) is 53.9 Å². The Morgan fingerprint density at radius 2 is 1.89 bits per heavy atom. The number of carbonyl (C=O) groups excluding carboxylic acids is 1. The average molecular weight is 369 g/mol. The molecule has 0 aliphatic rings. The zero-order valence-electron chi connectivity index (χ0n) is 15.2. The highest BCUT2D eigenvalue weighted by Gasteiger charge is 2.16. The molecule has 0 aliphatic heterocycles. The number of nitrogens with zero attached hydrogens (tertiary/aromatic N) is 2. The van der Waals surface area contributed by atoms with Crippen molar-refractivity contribution in [1.82, 2.24) is 10.1 Å². The van der Waals surface area contributed by atoms with Gasteiger partial charge in [-0.25, -0.2) is 4.79 Å². The van der Waals surface area contributed by atoms with Crippen molar-refractivity contribution < 1.29 is 23.5 Å². The van der Waals surface area contributed by atoms with Crippen molar-refractivity contribution in [1.29, 1.82) is 0 Å². The molecule has 0 atom stereocenters. The van der Waals surface area contributed by atoms with E-state index in [1.807, 2.05) is 6.07 Å². The molecule has 0 saturated heterocycles. The fraction of sp³-hybridized carbons (Fsp3) is 0.211. The van der Waals surface area contributed by atoms with E-state index in [1.165, 1.54) is 0 Å². The van der Waals surface area contributed by atoms with E-state index in [1.54, 1.807) is 57.7 Å². The maximum absolute atomic E-state index is 12.2. The predicted molar refractivity (Wildman–Crippen MR) is 97.9 cm³/mol. The molecule has 1 heterocycles. The van der Waals surface area contributed by atoms with Crippen LogP contribution in [0.2, 0.25) is 0 Å². The van der Waals surface area contributed by atoms with E-state index in [-0.39, 0.29) is 12.5 Å². The first-order chi connectivity index (χ1) is 13.2. The van der Waals surface area contributed by atoms with E-state index < -0.39 is 5.97 Å². The molecule has 0 radical (unpaired) electrons. The third-order valence-corrected chi connectivity index (χ3v) is 3.85. The van der Waals surface area contributed by atoms with Gasteiger partial charge in [-0.15, -0.1) is 0 Å². The number of esters is 1. The highest BCUT2D eigenvalue weighted by atomic mass is 16.6. The molecule has 140 valence electrons. The number of rotatable bonds is 7. The zero-order chi connectivity index (χ0) is 19.2. The van der Waals surface area contributed by atoms with Crippen LogP contribution in [0.3, 0.4) is 0 Å². The zero-order valence-corrected chi connectivity index (χ0v) is 15.2. The quantitative estimate of drug-likeness (QED) is 0.635. The van der Waals surface area contributed by atoms with Gasteiger partial charge in [-0.1, -0.05) is 17.3 Å². The number of nitrogens with one attached hydrogen (secondary N) is 1. The van der Waals surface area contributed by atoms with Crippen LogP contribution < -0.4 is 14.8 Å². The second-order valence-corrected chi connectivity index (χ2v) is 5.45. The topological polar surface area (TPSA) is 95.7 Å². The summed E-state index contributed by atoms with van der Waals surface area (Å²) in [6.45, 7) is -0.128. The smallest absolute Gasteiger partial charge is 0.340 e. The van der Waals surface area contributed by atoms with Gasteiger partial charge < -0.3 is 24.1 Å². The number of aromatic nitrogens is 2. The molecule has 0 aliphatic carbocycles. The minimum Gasteiger partial charge on any atom is -0.493 e. The molecule has 0 saturated carbocycles. The lowest BCUT2D eigenvalue weighted by molar-refractivity contribution is 0.0431. The molecule has 0 amide bonds. The first kappa shape index (κ1) is 18.2. The second-order valence-electron chi connectivity index (χ2n) is 5.45. The Kier molecular flexibility index (Phi) is 5.55. The Morgan fingerprint density at radius 1 is 1.11 bits per heavy atom. The molecule has 27 heavy (non-hydrogen) atoms. The molecule has 0 bridgehead atoms. The molecule has 0 spiro atoms. The maximum atomic E-state index is 12.2. The normalized spacial score (nSPS) is 10.3. The molecule has 0 unspecified atom stereocenters. The molecule has 8 nitrogen and oxygen atoms in total. The molecule has 1 aromatic heterocycles. The Balaban J connectivity index is 1.70. The van der Waals surface area contributed by atoms with Gasteiger partial charge in [-0.2, -0.15) is 4.98 Å². The van der Waals surface area contributed by atoms with Crippen LogP contribution in [0.4, 0.5) is 5.69 Å². The first-order valence-electron chi connectivity index (χ1n) is 8.15. The summed E-state index contributed by atoms with van der Waals surface area (Å²) in [5.41, 5.74) is 1.80. The van der Waals surface area contributed by atoms with E-state index in [0.29, 0.717) is 34.1 Å². The Labute approximate surface area is 156 Å². The lowest BCUT2D eigenvalue weighted by atomic mass is 10.2. The maximum Gasteiger partial charge on any atom is 0.340 e. The van der Waals surface area contributed by atoms with Crippen molar-refractivity contribution in [2.75, 3.05) is 26.6 Å². The van der Waals surface area contributed by atoms with Gasteiger partial charge in [0.1, 0.15) is 0 Å². The standard InChI is InChI=1S/C19H19N3O5/c1-20-14-7-5-4-6-13(14)19(23)26-11-17-21-18(22-27-17)12-8-9-15(24-2)16(10-12)25-3/h4-10,20H,11H2,1-3H3. The van der Waals surface area contributed by atoms with E-state index in [0.717, 1.165) is 0 Å². The molecule has 8 heteroatoms. The Hall–Kier alpha value is -3.55. The van der Waals surface area contributed by atoms with E-state index in [2.05, 4.69) is 15.5 Å². The lowest BCUT2D eigenvalue weighted by Gasteiger charge is -2.07. The van der Waals surface area contributed by atoms with Gasteiger partial charge in [-0.3, -0.25) is 0 Å². The number of anilines is 1. The number of para-hydroxylation sites is 1. The third kappa shape index (κ3) is 4.00. The molecule has 3 rings (SSSR count). The van der Waals surface area contributed by atoms with Gasteiger partial charge in [0.15, 0.2) is 18.1 Å². The molecule has 3 aromatic rings. The number of methoxy groups -OCH3 is 2.